The highest BCUT2D eigenvalue weighted by atomic mass is 79.9. The van der Waals surface area contributed by atoms with E-state index in [9.17, 15) is 9.59 Å². The lowest BCUT2D eigenvalue weighted by Crippen LogP contribution is -2.32. The Hall–Kier alpha value is -2.40. The minimum absolute atomic E-state index is 0.192. The van der Waals surface area contributed by atoms with Gasteiger partial charge in [-0.3, -0.25) is 9.59 Å². The molecule has 1 aromatic heterocycles. The quantitative estimate of drug-likeness (QED) is 0.703. The number of aryl methyl sites for hydroxylation is 2. The minimum atomic E-state index is -0.330. The number of pyridine rings is 1. The lowest BCUT2D eigenvalue weighted by atomic mass is 9.99. The molecule has 0 saturated heterocycles. The standard InChI is InChI=1S/C21H19BrN2O2/c1-13(15-6-2-8-16(22)11-15)23-21(26)18-12-24-10-4-7-14-5-3-9-17(19(14)24)20(18)25/h2-3,5-6,8-9,11-13H,4,7,10H2,1H3,(H,23,26)/t13-/m0/s1. The maximum atomic E-state index is 12.9. The molecule has 4 nitrogen and oxygen atoms in total. The van der Waals surface area contributed by atoms with Crippen LogP contribution in [0.1, 0.15) is 40.9 Å². The molecule has 1 N–H and O–H groups in total. The molecule has 0 fully saturated rings. The van der Waals surface area contributed by atoms with Gasteiger partial charge in [0.25, 0.3) is 5.91 Å². The average Bonchev–Trinajstić information content (AvgIpc) is 2.64. The van der Waals surface area contributed by atoms with Gasteiger partial charge in [0.1, 0.15) is 5.56 Å². The lowest BCUT2D eigenvalue weighted by molar-refractivity contribution is 0.0938. The molecule has 1 amide bonds. The predicted octanol–water partition coefficient (Wildman–Crippen LogP) is 4.20. The first-order valence-electron chi connectivity index (χ1n) is 8.76. The Morgan fingerprint density at radius 2 is 2.04 bits per heavy atom. The van der Waals surface area contributed by atoms with Crippen molar-refractivity contribution in [1.29, 1.82) is 0 Å². The number of nitrogens with zero attached hydrogens (tertiary/aromatic N) is 1. The van der Waals surface area contributed by atoms with Crippen LogP contribution in [0.15, 0.2) is 57.9 Å². The number of nitrogens with one attached hydrogen (secondary N) is 1. The third kappa shape index (κ3) is 2.97. The Morgan fingerprint density at radius 3 is 2.85 bits per heavy atom. The second-order valence-electron chi connectivity index (χ2n) is 6.73. The Kier molecular flexibility index (Phi) is 4.41. The highest BCUT2D eigenvalue weighted by Gasteiger charge is 2.20. The first-order chi connectivity index (χ1) is 12.5. The Bertz CT molecular complexity index is 1070. The molecular weight excluding hydrogens is 392 g/mol. The number of hydrogen-bond acceptors (Lipinski definition) is 2. The van der Waals surface area contributed by atoms with Crippen molar-refractivity contribution >= 4 is 32.7 Å². The van der Waals surface area contributed by atoms with Crippen LogP contribution in [-0.2, 0) is 13.0 Å². The van der Waals surface area contributed by atoms with Gasteiger partial charge in [-0.15, -0.1) is 0 Å². The summed E-state index contributed by atoms with van der Waals surface area (Å²) in [5.41, 5.74) is 3.15. The number of rotatable bonds is 3. The van der Waals surface area contributed by atoms with E-state index in [2.05, 4.69) is 27.3 Å². The van der Waals surface area contributed by atoms with Crippen molar-refractivity contribution in [3.05, 3.63) is 80.0 Å². The van der Waals surface area contributed by atoms with Crippen molar-refractivity contribution in [3.63, 3.8) is 0 Å². The average molecular weight is 411 g/mol. The minimum Gasteiger partial charge on any atom is -0.346 e. The van der Waals surface area contributed by atoms with E-state index in [0.717, 1.165) is 34.9 Å². The van der Waals surface area contributed by atoms with Crippen molar-refractivity contribution < 1.29 is 4.79 Å². The molecule has 0 aliphatic carbocycles. The van der Waals surface area contributed by atoms with Crippen LogP contribution in [-0.4, -0.2) is 10.5 Å². The molecule has 2 heterocycles. The summed E-state index contributed by atoms with van der Waals surface area (Å²) in [6, 6.07) is 13.4. The molecule has 2 aromatic carbocycles. The molecule has 4 rings (SSSR count). The summed E-state index contributed by atoms with van der Waals surface area (Å²) in [7, 11) is 0. The van der Waals surface area contributed by atoms with E-state index in [4.69, 9.17) is 0 Å². The van der Waals surface area contributed by atoms with Crippen molar-refractivity contribution in [1.82, 2.24) is 9.88 Å². The number of carbonyl (C=O) groups is 1. The molecule has 0 spiro atoms. The third-order valence-corrected chi connectivity index (χ3v) is 5.46. The molecule has 3 aromatic rings. The van der Waals surface area contributed by atoms with Crippen LogP contribution in [0, 0.1) is 0 Å². The van der Waals surface area contributed by atoms with E-state index >= 15 is 0 Å². The Labute approximate surface area is 160 Å². The summed E-state index contributed by atoms with van der Waals surface area (Å²) in [6.45, 7) is 2.75. The van der Waals surface area contributed by atoms with Crippen molar-refractivity contribution in [2.45, 2.75) is 32.4 Å². The number of para-hydroxylation sites is 1. The van der Waals surface area contributed by atoms with E-state index in [1.807, 2.05) is 47.9 Å². The molecule has 1 aliphatic heterocycles. The second kappa shape index (κ2) is 6.72. The van der Waals surface area contributed by atoms with Crippen LogP contribution in [0.3, 0.4) is 0 Å². The van der Waals surface area contributed by atoms with Crippen LogP contribution in [0.4, 0.5) is 0 Å². The largest absolute Gasteiger partial charge is 0.346 e. The zero-order valence-corrected chi connectivity index (χ0v) is 16.0. The number of benzene rings is 2. The maximum absolute atomic E-state index is 12.9. The van der Waals surface area contributed by atoms with Gasteiger partial charge in [-0.05, 0) is 49.1 Å². The van der Waals surface area contributed by atoms with Gasteiger partial charge in [0.05, 0.1) is 11.6 Å². The van der Waals surface area contributed by atoms with Gasteiger partial charge in [0, 0.05) is 22.6 Å². The van der Waals surface area contributed by atoms with Crippen molar-refractivity contribution in [2.75, 3.05) is 0 Å². The molecule has 0 unspecified atom stereocenters. The lowest BCUT2D eigenvalue weighted by Gasteiger charge is -2.21. The molecule has 1 atom stereocenters. The van der Waals surface area contributed by atoms with Crippen LogP contribution in [0.25, 0.3) is 10.9 Å². The summed E-state index contributed by atoms with van der Waals surface area (Å²) in [5.74, 6) is -0.330. The van der Waals surface area contributed by atoms with Gasteiger partial charge in [-0.25, -0.2) is 0 Å². The molecule has 1 aliphatic rings. The van der Waals surface area contributed by atoms with E-state index in [1.165, 1.54) is 5.56 Å². The van der Waals surface area contributed by atoms with Gasteiger partial charge in [-0.2, -0.15) is 0 Å². The summed E-state index contributed by atoms with van der Waals surface area (Å²) < 4.78 is 3.01. The van der Waals surface area contributed by atoms with Gasteiger partial charge in [-0.1, -0.05) is 40.2 Å². The second-order valence-corrected chi connectivity index (χ2v) is 7.65. The number of carbonyl (C=O) groups excluding carboxylic acids is 1. The highest BCUT2D eigenvalue weighted by Crippen LogP contribution is 2.24. The van der Waals surface area contributed by atoms with E-state index in [1.54, 1.807) is 6.20 Å². The van der Waals surface area contributed by atoms with Gasteiger partial charge in [0.2, 0.25) is 5.43 Å². The summed E-state index contributed by atoms with van der Waals surface area (Å²) in [4.78, 5) is 25.7. The Balaban J connectivity index is 1.72. The van der Waals surface area contributed by atoms with Crippen LogP contribution in [0.5, 0.6) is 0 Å². The molecule has 26 heavy (non-hydrogen) atoms. The summed E-state index contributed by atoms with van der Waals surface area (Å²) in [6.07, 6.45) is 3.71. The normalized spacial score (nSPS) is 14.2. The van der Waals surface area contributed by atoms with Crippen LogP contribution >= 0.6 is 15.9 Å². The first-order valence-corrected chi connectivity index (χ1v) is 9.55. The van der Waals surface area contributed by atoms with E-state index < -0.39 is 0 Å². The smallest absolute Gasteiger partial charge is 0.257 e. The number of aromatic nitrogens is 1. The third-order valence-electron chi connectivity index (χ3n) is 4.97. The number of hydrogen-bond donors (Lipinski definition) is 1. The summed E-state index contributed by atoms with van der Waals surface area (Å²) >= 11 is 3.45. The fourth-order valence-electron chi connectivity index (χ4n) is 3.65. The van der Waals surface area contributed by atoms with Crippen LogP contribution < -0.4 is 10.7 Å². The van der Waals surface area contributed by atoms with Crippen molar-refractivity contribution in [2.24, 2.45) is 0 Å². The van der Waals surface area contributed by atoms with Crippen LogP contribution in [0.2, 0.25) is 0 Å². The van der Waals surface area contributed by atoms with Gasteiger partial charge >= 0.3 is 0 Å². The first kappa shape index (κ1) is 17.0. The molecule has 0 bridgehead atoms. The monoisotopic (exact) mass is 410 g/mol. The van der Waals surface area contributed by atoms with E-state index in [-0.39, 0.29) is 22.9 Å². The van der Waals surface area contributed by atoms with Gasteiger partial charge < -0.3 is 9.88 Å². The zero-order chi connectivity index (χ0) is 18.3. The van der Waals surface area contributed by atoms with Gasteiger partial charge in [0.15, 0.2) is 0 Å². The summed E-state index contributed by atoms with van der Waals surface area (Å²) in [5, 5.41) is 3.59. The topological polar surface area (TPSA) is 51.1 Å². The predicted molar refractivity (Wildman–Crippen MR) is 107 cm³/mol. The van der Waals surface area contributed by atoms with E-state index in [0.29, 0.717) is 5.39 Å². The number of halogens is 1. The van der Waals surface area contributed by atoms with Crippen molar-refractivity contribution in [3.8, 4) is 0 Å². The molecule has 5 heteroatoms. The highest BCUT2D eigenvalue weighted by molar-refractivity contribution is 9.10. The SMILES string of the molecule is C[C@H](NC(=O)c1cn2c3c(cccc3c1=O)CCC2)c1cccc(Br)c1. The zero-order valence-electron chi connectivity index (χ0n) is 14.5. The molecule has 0 saturated carbocycles. The Morgan fingerprint density at radius 1 is 1.23 bits per heavy atom. The molecule has 132 valence electrons. The fourth-order valence-corrected chi connectivity index (χ4v) is 4.07. The molecule has 0 radical (unpaired) electrons. The molecular formula is C21H19BrN2O2. The number of amides is 1. The fraction of sp³-hybridized carbons (Fsp3) is 0.238. The maximum Gasteiger partial charge on any atom is 0.257 e.